The van der Waals surface area contributed by atoms with Crippen LogP contribution in [0.3, 0.4) is 0 Å². The lowest BCUT2D eigenvalue weighted by molar-refractivity contribution is 0.0276. The van der Waals surface area contributed by atoms with E-state index >= 15 is 0 Å². The highest BCUT2D eigenvalue weighted by Crippen LogP contribution is 2.11. The second kappa shape index (κ2) is 6.81. The van der Waals surface area contributed by atoms with Crippen LogP contribution in [0.4, 0.5) is 0 Å². The molecule has 0 amide bonds. The van der Waals surface area contributed by atoms with Gasteiger partial charge in [0.2, 0.25) is 10.0 Å². The average Bonchev–Trinajstić information content (AvgIpc) is 2.43. The van der Waals surface area contributed by atoms with Crippen molar-refractivity contribution < 1.29 is 18.3 Å². The Labute approximate surface area is 119 Å². The summed E-state index contributed by atoms with van der Waals surface area (Å²) in [5, 5.41) is 8.62. The van der Waals surface area contributed by atoms with Crippen molar-refractivity contribution in [1.29, 1.82) is 0 Å². The van der Waals surface area contributed by atoms with Gasteiger partial charge < -0.3 is 9.84 Å². The lowest BCUT2D eigenvalue weighted by Gasteiger charge is -2.22. The summed E-state index contributed by atoms with van der Waals surface area (Å²) in [6.07, 6.45) is 2.67. The highest BCUT2D eigenvalue weighted by molar-refractivity contribution is 7.89. The third-order valence-electron chi connectivity index (χ3n) is 2.58. The first-order valence-electron chi connectivity index (χ1n) is 5.90. The van der Waals surface area contributed by atoms with E-state index in [0.717, 1.165) is 0 Å². The molecule has 110 valence electrons. The van der Waals surface area contributed by atoms with E-state index in [1.54, 1.807) is 13.8 Å². The standard InChI is InChI=1S/C13H18N2O4S/c1-13(2,19-3)10-15-20(17,18)12-7-11(5-4-6-16)8-14-9-12/h7-9,15-16H,6,10H2,1-3H3. The largest absolute Gasteiger partial charge is 0.384 e. The molecule has 0 atom stereocenters. The second-order valence-corrected chi connectivity index (χ2v) is 6.42. The topological polar surface area (TPSA) is 88.5 Å². The Bertz CT molecular complexity index is 615. The quantitative estimate of drug-likeness (QED) is 0.754. The SMILES string of the molecule is COC(C)(C)CNS(=O)(=O)c1cncc(C#CCO)c1. The maximum atomic E-state index is 12.1. The molecule has 1 aromatic heterocycles. The summed E-state index contributed by atoms with van der Waals surface area (Å²) in [5.41, 5.74) is -0.178. The van der Waals surface area contributed by atoms with Crippen molar-refractivity contribution in [3.05, 3.63) is 24.0 Å². The van der Waals surface area contributed by atoms with Gasteiger partial charge in [0.05, 0.1) is 5.60 Å². The van der Waals surface area contributed by atoms with E-state index in [0.29, 0.717) is 5.56 Å². The van der Waals surface area contributed by atoms with Gasteiger partial charge in [0.1, 0.15) is 11.5 Å². The number of hydrogen-bond donors (Lipinski definition) is 2. The fourth-order valence-electron chi connectivity index (χ4n) is 1.20. The molecule has 0 unspecified atom stereocenters. The van der Waals surface area contributed by atoms with Gasteiger partial charge in [-0.05, 0) is 19.9 Å². The lowest BCUT2D eigenvalue weighted by Crippen LogP contribution is -2.39. The zero-order valence-electron chi connectivity index (χ0n) is 11.7. The Morgan fingerprint density at radius 1 is 1.45 bits per heavy atom. The van der Waals surface area contributed by atoms with Crippen LogP contribution in [-0.4, -0.2) is 44.4 Å². The molecule has 0 aromatic carbocycles. The van der Waals surface area contributed by atoms with Gasteiger partial charge in [0.15, 0.2) is 0 Å². The van der Waals surface area contributed by atoms with Gasteiger partial charge >= 0.3 is 0 Å². The van der Waals surface area contributed by atoms with E-state index in [9.17, 15) is 8.42 Å². The highest BCUT2D eigenvalue weighted by Gasteiger charge is 2.22. The fraction of sp³-hybridized carbons (Fsp3) is 0.462. The van der Waals surface area contributed by atoms with Crippen molar-refractivity contribution >= 4 is 10.0 Å². The Hall–Kier alpha value is -1.46. The maximum Gasteiger partial charge on any atom is 0.242 e. The molecule has 0 aliphatic heterocycles. The van der Waals surface area contributed by atoms with Crippen molar-refractivity contribution in [1.82, 2.24) is 9.71 Å². The predicted molar refractivity (Wildman–Crippen MR) is 74.5 cm³/mol. The molecule has 0 saturated heterocycles. The van der Waals surface area contributed by atoms with E-state index in [1.807, 2.05) is 0 Å². The second-order valence-electron chi connectivity index (χ2n) is 4.66. The Kier molecular flexibility index (Phi) is 5.65. The van der Waals surface area contributed by atoms with Crippen LogP contribution in [0.15, 0.2) is 23.4 Å². The summed E-state index contributed by atoms with van der Waals surface area (Å²) in [5.74, 6) is 5.05. The summed E-state index contributed by atoms with van der Waals surface area (Å²) in [4.78, 5) is 3.86. The minimum atomic E-state index is -3.67. The molecule has 0 saturated carbocycles. The maximum absolute atomic E-state index is 12.1. The van der Waals surface area contributed by atoms with E-state index < -0.39 is 15.6 Å². The van der Waals surface area contributed by atoms with Crippen LogP contribution < -0.4 is 4.72 Å². The van der Waals surface area contributed by atoms with Gasteiger partial charge in [0, 0.05) is 31.6 Å². The van der Waals surface area contributed by atoms with E-state index in [1.165, 1.54) is 25.6 Å². The van der Waals surface area contributed by atoms with E-state index in [4.69, 9.17) is 9.84 Å². The minimum absolute atomic E-state index is 0.0224. The Morgan fingerprint density at radius 2 is 2.15 bits per heavy atom. The van der Waals surface area contributed by atoms with Crippen LogP contribution in [0, 0.1) is 11.8 Å². The Balaban J connectivity index is 2.93. The predicted octanol–water partition coefficient (Wildman–Crippen LogP) is 0.129. The molecule has 0 aliphatic carbocycles. The molecular formula is C13H18N2O4S. The van der Waals surface area contributed by atoms with Gasteiger partial charge in [-0.25, -0.2) is 13.1 Å². The first kappa shape index (κ1) is 16.6. The molecule has 0 spiro atoms. The van der Waals surface area contributed by atoms with Crippen LogP contribution in [0.5, 0.6) is 0 Å². The molecule has 6 nitrogen and oxygen atoms in total. The number of pyridine rings is 1. The molecule has 1 heterocycles. The van der Waals surface area contributed by atoms with Crippen molar-refractivity contribution in [2.24, 2.45) is 0 Å². The number of aromatic nitrogens is 1. The van der Waals surface area contributed by atoms with Crippen LogP contribution in [-0.2, 0) is 14.8 Å². The number of sulfonamides is 1. The van der Waals surface area contributed by atoms with Crippen LogP contribution in [0.1, 0.15) is 19.4 Å². The number of methoxy groups -OCH3 is 1. The molecule has 0 radical (unpaired) electrons. The molecule has 1 aromatic rings. The van der Waals surface area contributed by atoms with Crippen molar-refractivity contribution in [3.63, 3.8) is 0 Å². The molecule has 0 fully saturated rings. The Morgan fingerprint density at radius 3 is 2.75 bits per heavy atom. The number of nitrogens with one attached hydrogen (secondary N) is 1. The molecule has 20 heavy (non-hydrogen) atoms. The van der Waals surface area contributed by atoms with Gasteiger partial charge in [-0.2, -0.15) is 0 Å². The highest BCUT2D eigenvalue weighted by atomic mass is 32.2. The number of ether oxygens (including phenoxy) is 1. The number of hydrogen-bond acceptors (Lipinski definition) is 5. The number of aliphatic hydroxyl groups excluding tert-OH is 1. The zero-order chi connectivity index (χ0) is 15.2. The number of aliphatic hydroxyl groups is 1. The zero-order valence-corrected chi connectivity index (χ0v) is 12.5. The van der Waals surface area contributed by atoms with Crippen LogP contribution in [0.2, 0.25) is 0 Å². The molecular weight excluding hydrogens is 280 g/mol. The van der Waals surface area contributed by atoms with Gasteiger partial charge in [-0.3, -0.25) is 4.98 Å². The average molecular weight is 298 g/mol. The smallest absolute Gasteiger partial charge is 0.242 e. The summed E-state index contributed by atoms with van der Waals surface area (Å²) in [7, 11) is -2.16. The molecule has 2 N–H and O–H groups in total. The monoisotopic (exact) mass is 298 g/mol. The first-order valence-corrected chi connectivity index (χ1v) is 7.39. The molecule has 7 heteroatoms. The molecule has 0 bridgehead atoms. The molecule has 0 aliphatic rings. The minimum Gasteiger partial charge on any atom is -0.384 e. The lowest BCUT2D eigenvalue weighted by atomic mass is 10.1. The number of rotatable bonds is 5. The first-order chi connectivity index (χ1) is 9.30. The van der Waals surface area contributed by atoms with Gasteiger partial charge in [-0.15, -0.1) is 0 Å². The van der Waals surface area contributed by atoms with Gasteiger partial charge in [-0.1, -0.05) is 11.8 Å². The summed E-state index contributed by atoms with van der Waals surface area (Å²) in [6.45, 7) is 3.39. The van der Waals surface area contributed by atoms with Gasteiger partial charge in [0.25, 0.3) is 0 Å². The van der Waals surface area contributed by atoms with Crippen molar-refractivity contribution in [2.45, 2.75) is 24.3 Å². The third kappa shape index (κ3) is 4.90. The van der Waals surface area contributed by atoms with E-state index in [2.05, 4.69) is 21.5 Å². The van der Waals surface area contributed by atoms with Crippen molar-refractivity contribution in [2.75, 3.05) is 20.3 Å². The fourth-order valence-corrected chi connectivity index (χ4v) is 2.39. The normalized spacial score (nSPS) is 11.8. The number of nitrogens with zero attached hydrogens (tertiary/aromatic N) is 1. The van der Waals surface area contributed by atoms with E-state index in [-0.39, 0.29) is 18.0 Å². The third-order valence-corrected chi connectivity index (χ3v) is 3.94. The van der Waals surface area contributed by atoms with Crippen LogP contribution >= 0.6 is 0 Å². The van der Waals surface area contributed by atoms with Crippen LogP contribution in [0.25, 0.3) is 0 Å². The summed E-state index contributed by atoms with van der Waals surface area (Å²) < 4.78 is 31.8. The summed E-state index contributed by atoms with van der Waals surface area (Å²) in [6, 6.07) is 1.40. The molecule has 1 rings (SSSR count). The summed E-state index contributed by atoms with van der Waals surface area (Å²) >= 11 is 0. The van der Waals surface area contributed by atoms with Crippen molar-refractivity contribution in [3.8, 4) is 11.8 Å².